The second-order valence-corrected chi connectivity index (χ2v) is 14.0. The van der Waals surface area contributed by atoms with Gasteiger partial charge in [0.15, 0.2) is 0 Å². The lowest BCUT2D eigenvalue weighted by molar-refractivity contribution is -0.140. The van der Waals surface area contributed by atoms with Gasteiger partial charge < -0.3 is 10.2 Å². The van der Waals surface area contributed by atoms with E-state index in [9.17, 15) is 18.0 Å². The third-order valence-electron chi connectivity index (χ3n) is 7.17. The largest absolute Gasteiger partial charge is 0.354 e. The lowest BCUT2D eigenvalue weighted by atomic mass is 10.0. The Morgan fingerprint density at radius 2 is 1.36 bits per heavy atom. The Morgan fingerprint density at radius 3 is 1.91 bits per heavy atom. The van der Waals surface area contributed by atoms with Gasteiger partial charge in [-0.2, -0.15) is 0 Å². The van der Waals surface area contributed by atoms with Crippen LogP contribution in [-0.2, 0) is 32.6 Å². The maximum Gasteiger partial charge on any atom is 0.264 e. The molecule has 4 rings (SSSR count). The summed E-state index contributed by atoms with van der Waals surface area (Å²) in [5.41, 5.74) is 2.66. The molecule has 1 N–H and O–H groups in total. The second kappa shape index (κ2) is 15.4. The van der Waals surface area contributed by atoms with Crippen LogP contribution in [0.5, 0.6) is 0 Å². The zero-order valence-corrected chi connectivity index (χ0v) is 27.8. The van der Waals surface area contributed by atoms with E-state index in [0.29, 0.717) is 6.54 Å². The number of nitrogens with one attached hydrogen (secondary N) is 1. The number of hydrogen-bond donors (Lipinski definition) is 1. The van der Waals surface area contributed by atoms with Crippen molar-refractivity contribution < 1.29 is 18.0 Å². The van der Waals surface area contributed by atoms with E-state index in [1.54, 1.807) is 12.1 Å². The lowest BCUT2D eigenvalue weighted by Crippen LogP contribution is -2.53. The summed E-state index contributed by atoms with van der Waals surface area (Å²) in [7, 11) is -4.26. The van der Waals surface area contributed by atoms with Gasteiger partial charge in [-0.3, -0.25) is 13.9 Å². The van der Waals surface area contributed by atoms with E-state index in [-0.39, 0.29) is 45.4 Å². The molecular weight excluding hydrogens is 629 g/mol. The van der Waals surface area contributed by atoms with Crippen LogP contribution in [0.2, 0.25) is 10.0 Å². The molecule has 0 aromatic heterocycles. The normalized spacial score (nSPS) is 12.0. The van der Waals surface area contributed by atoms with Crippen molar-refractivity contribution >= 4 is 50.7 Å². The van der Waals surface area contributed by atoms with Crippen LogP contribution in [0.4, 0.5) is 5.69 Å². The van der Waals surface area contributed by atoms with Gasteiger partial charge >= 0.3 is 0 Å². The first-order chi connectivity index (χ1) is 21.4. The van der Waals surface area contributed by atoms with Gasteiger partial charge in [-0.15, -0.1) is 0 Å². The Labute approximate surface area is 275 Å². The number of carbonyl (C=O) groups is 2. The summed E-state index contributed by atoms with van der Waals surface area (Å²) in [6, 6.07) is 28.6. The van der Waals surface area contributed by atoms with Gasteiger partial charge in [0.25, 0.3) is 10.0 Å². The minimum Gasteiger partial charge on any atom is -0.354 e. The first-order valence-electron chi connectivity index (χ1n) is 14.6. The molecule has 0 spiro atoms. The second-order valence-electron chi connectivity index (χ2n) is 11.3. The summed E-state index contributed by atoms with van der Waals surface area (Å²) in [5.74, 6) is -0.700. The minimum absolute atomic E-state index is 0.00196. The predicted molar refractivity (Wildman–Crippen MR) is 181 cm³/mol. The van der Waals surface area contributed by atoms with Crippen molar-refractivity contribution in [2.75, 3.05) is 17.4 Å². The number of halogens is 2. The Morgan fingerprint density at radius 1 is 0.800 bits per heavy atom. The molecule has 0 radical (unpaired) electrons. The molecule has 4 aromatic rings. The van der Waals surface area contributed by atoms with Crippen LogP contribution in [-0.4, -0.2) is 44.3 Å². The number of rotatable bonds is 13. The SMILES string of the molecule is Cc1ccc(S(=O)(=O)N(CC(=O)N(Cc2ccccc2)C(Cc2ccccc2)C(=O)NCC(C)C)c2cc(Cl)cc(Cl)c2)cc1. The van der Waals surface area contributed by atoms with E-state index in [1.807, 2.05) is 81.4 Å². The summed E-state index contributed by atoms with van der Waals surface area (Å²) >= 11 is 12.6. The Hall–Kier alpha value is -3.85. The van der Waals surface area contributed by atoms with Gasteiger partial charge in [-0.25, -0.2) is 8.42 Å². The number of aryl methyl sites for hydroxylation is 1. The molecule has 236 valence electrons. The molecule has 1 atom stereocenters. The highest BCUT2D eigenvalue weighted by Crippen LogP contribution is 2.30. The molecule has 0 aliphatic heterocycles. The monoisotopic (exact) mass is 665 g/mol. The summed E-state index contributed by atoms with van der Waals surface area (Å²) in [4.78, 5) is 29.8. The van der Waals surface area contributed by atoms with Gasteiger partial charge in [-0.1, -0.05) is 115 Å². The van der Waals surface area contributed by atoms with E-state index < -0.39 is 28.5 Å². The molecule has 45 heavy (non-hydrogen) atoms. The average Bonchev–Trinajstić information content (AvgIpc) is 3.01. The Balaban J connectivity index is 1.81. The van der Waals surface area contributed by atoms with Crippen LogP contribution < -0.4 is 9.62 Å². The molecule has 10 heteroatoms. The number of benzene rings is 4. The Kier molecular flexibility index (Phi) is 11.7. The third kappa shape index (κ3) is 9.33. The molecule has 0 fully saturated rings. The van der Waals surface area contributed by atoms with Crippen LogP contribution in [0.25, 0.3) is 0 Å². The molecule has 2 amide bonds. The van der Waals surface area contributed by atoms with Gasteiger partial charge in [0, 0.05) is 29.6 Å². The van der Waals surface area contributed by atoms with E-state index in [4.69, 9.17) is 23.2 Å². The summed E-state index contributed by atoms with van der Waals surface area (Å²) in [6.07, 6.45) is 0.233. The first-order valence-corrected chi connectivity index (χ1v) is 16.8. The van der Waals surface area contributed by atoms with Crippen molar-refractivity contribution in [2.45, 2.75) is 44.7 Å². The van der Waals surface area contributed by atoms with Crippen molar-refractivity contribution in [2.24, 2.45) is 5.92 Å². The van der Waals surface area contributed by atoms with Gasteiger partial charge in [0.1, 0.15) is 12.6 Å². The van der Waals surface area contributed by atoms with Crippen molar-refractivity contribution in [3.05, 3.63) is 130 Å². The van der Waals surface area contributed by atoms with Crippen LogP contribution in [0, 0.1) is 12.8 Å². The molecular formula is C35H37Cl2N3O4S. The quantitative estimate of drug-likeness (QED) is 0.168. The summed E-state index contributed by atoms with van der Waals surface area (Å²) in [6.45, 7) is 5.75. The molecule has 1 unspecified atom stereocenters. The van der Waals surface area contributed by atoms with E-state index >= 15 is 0 Å². The highest BCUT2D eigenvalue weighted by molar-refractivity contribution is 7.92. The van der Waals surface area contributed by atoms with Crippen molar-refractivity contribution in [3.63, 3.8) is 0 Å². The number of hydrogen-bond acceptors (Lipinski definition) is 4. The molecule has 0 bridgehead atoms. The maximum atomic E-state index is 14.5. The topological polar surface area (TPSA) is 86.8 Å². The fourth-order valence-electron chi connectivity index (χ4n) is 4.81. The zero-order valence-electron chi connectivity index (χ0n) is 25.5. The Bertz CT molecular complexity index is 1680. The predicted octanol–water partition coefficient (Wildman–Crippen LogP) is 6.91. The number of nitrogens with zero attached hydrogens (tertiary/aromatic N) is 2. The fourth-order valence-corrected chi connectivity index (χ4v) is 6.72. The summed E-state index contributed by atoms with van der Waals surface area (Å²) < 4.78 is 29.3. The number of carbonyl (C=O) groups excluding carboxylic acids is 2. The van der Waals surface area contributed by atoms with Crippen molar-refractivity contribution in [1.29, 1.82) is 0 Å². The van der Waals surface area contributed by atoms with E-state index in [1.165, 1.54) is 35.2 Å². The van der Waals surface area contributed by atoms with Crippen molar-refractivity contribution in [3.8, 4) is 0 Å². The first kappa shape index (κ1) is 34.0. The van der Waals surface area contributed by atoms with Gasteiger partial charge in [0.05, 0.1) is 10.6 Å². The van der Waals surface area contributed by atoms with E-state index in [2.05, 4.69) is 5.32 Å². The smallest absolute Gasteiger partial charge is 0.264 e. The molecule has 4 aromatic carbocycles. The zero-order chi connectivity index (χ0) is 32.6. The number of anilines is 1. The van der Waals surface area contributed by atoms with Crippen molar-refractivity contribution in [1.82, 2.24) is 10.2 Å². The van der Waals surface area contributed by atoms with Crippen LogP contribution in [0.1, 0.15) is 30.5 Å². The average molecular weight is 667 g/mol. The van der Waals surface area contributed by atoms with Gasteiger partial charge in [0.2, 0.25) is 11.8 Å². The van der Waals surface area contributed by atoms with E-state index in [0.717, 1.165) is 21.0 Å². The standard InChI is InChI=1S/C35H37Cl2N3O4S/c1-25(2)22-38-35(42)33(18-27-10-6-4-7-11-27)39(23-28-12-8-5-9-13-28)34(41)24-40(31-20-29(36)19-30(37)21-31)45(43,44)32-16-14-26(3)15-17-32/h4-17,19-21,25,33H,18,22-24H2,1-3H3,(H,38,42). The molecule has 0 heterocycles. The third-order valence-corrected chi connectivity index (χ3v) is 9.40. The van der Waals surface area contributed by atoms with Gasteiger partial charge in [-0.05, 0) is 54.3 Å². The van der Waals surface area contributed by atoms with Crippen LogP contribution in [0.3, 0.4) is 0 Å². The highest BCUT2D eigenvalue weighted by atomic mass is 35.5. The van der Waals surface area contributed by atoms with Crippen LogP contribution in [0.15, 0.2) is 108 Å². The molecule has 0 saturated carbocycles. The number of amides is 2. The summed E-state index contributed by atoms with van der Waals surface area (Å²) in [5, 5.41) is 3.41. The molecule has 7 nitrogen and oxygen atoms in total. The minimum atomic E-state index is -4.26. The lowest BCUT2D eigenvalue weighted by Gasteiger charge is -2.34. The molecule has 0 aliphatic carbocycles. The molecule has 0 aliphatic rings. The molecule has 0 saturated heterocycles. The van der Waals surface area contributed by atoms with Crippen LogP contribution >= 0.6 is 23.2 Å². The fraction of sp³-hybridized carbons (Fsp3) is 0.257. The highest BCUT2D eigenvalue weighted by Gasteiger charge is 2.35. The maximum absolute atomic E-state index is 14.5. The number of sulfonamides is 1.